The highest BCUT2D eigenvalue weighted by atomic mass is 16.6. The summed E-state index contributed by atoms with van der Waals surface area (Å²) in [6.07, 6.45) is 6.56. The van der Waals surface area contributed by atoms with E-state index in [4.69, 9.17) is 19.9 Å². The number of piperidine rings is 1. The van der Waals surface area contributed by atoms with Gasteiger partial charge >= 0.3 is 12.0 Å². The van der Waals surface area contributed by atoms with Gasteiger partial charge in [-0.1, -0.05) is 0 Å². The third-order valence-electron chi connectivity index (χ3n) is 6.52. The number of anilines is 1. The molecule has 0 aromatic carbocycles. The van der Waals surface area contributed by atoms with Gasteiger partial charge in [-0.3, -0.25) is 10.3 Å². The van der Waals surface area contributed by atoms with E-state index in [1.54, 1.807) is 11.1 Å². The molecule has 0 spiro atoms. The van der Waals surface area contributed by atoms with Crippen LogP contribution in [0.25, 0.3) is 11.0 Å². The molecule has 0 aliphatic carbocycles. The average Bonchev–Trinajstić information content (AvgIpc) is 2.82. The average molecular weight is 497 g/mol. The van der Waals surface area contributed by atoms with E-state index in [9.17, 15) is 4.79 Å². The Kier molecular flexibility index (Phi) is 7.56. The van der Waals surface area contributed by atoms with E-state index in [2.05, 4.69) is 14.9 Å². The zero-order valence-electron chi connectivity index (χ0n) is 22.0. The van der Waals surface area contributed by atoms with Crippen LogP contribution >= 0.6 is 0 Å². The number of nitrogens with one attached hydrogen (secondary N) is 1. The summed E-state index contributed by atoms with van der Waals surface area (Å²) < 4.78 is 11.1. The Balaban J connectivity index is 1.42. The molecule has 1 unspecified atom stereocenters. The van der Waals surface area contributed by atoms with Crippen LogP contribution in [0.3, 0.4) is 0 Å². The lowest BCUT2D eigenvalue weighted by Crippen LogP contribution is -2.72. The van der Waals surface area contributed by atoms with Crippen molar-refractivity contribution in [2.75, 3.05) is 37.7 Å². The van der Waals surface area contributed by atoms with Crippen molar-refractivity contribution in [3.63, 3.8) is 0 Å². The second kappa shape index (κ2) is 10.5. The van der Waals surface area contributed by atoms with Crippen LogP contribution in [0.15, 0.2) is 30.6 Å². The summed E-state index contributed by atoms with van der Waals surface area (Å²) in [5.41, 5.74) is 1.19. The second-order valence-corrected chi connectivity index (χ2v) is 11.0. The first-order valence-corrected chi connectivity index (χ1v) is 12.6. The summed E-state index contributed by atoms with van der Waals surface area (Å²) in [7, 11) is 0. The van der Waals surface area contributed by atoms with Gasteiger partial charge in [-0.25, -0.2) is 4.79 Å². The Morgan fingerprint density at radius 1 is 1.25 bits per heavy atom. The summed E-state index contributed by atoms with van der Waals surface area (Å²) in [4.78, 5) is 30.6. The minimum Gasteiger partial charge on any atom is -0.444 e. The fraction of sp³-hybridized carbons (Fsp3) is 0.577. The fourth-order valence-corrected chi connectivity index (χ4v) is 4.74. The molecular weight excluding hydrogens is 458 g/mol. The summed E-state index contributed by atoms with van der Waals surface area (Å²) in [5, 5.41) is 10.5. The molecule has 0 bridgehead atoms. The van der Waals surface area contributed by atoms with Crippen molar-refractivity contribution in [2.45, 2.75) is 58.6 Å². The number of quaternary nitrogens is 1. The third kappa shape index (κ3) is 6.17. The monoisotopic (exact) mass is 496 g/mol. The van der Waals surface area contributed by atoms with Gasteiger partial charge < -0.3 is 24.7 Å². The van der Waals surface area contributed by atoms with E-state index >= 15 is 0 Å². The number of likely N-dealkylation sites (tertiary alicyclic amines) is 1. The SMILES string of the molecule is CC(C)(C)OC(=O)N1CCC(C(=N)/C=C\[NH2+]c2nc(N3CCOCC3)c3ncccc3n2)CC1(C)C. The topological polar surface area (TPSA) is 121 Å². The summed E-state index contributed by atoms with van der Waals surface area (Å²) in [6.45, 7) is 13.1. The van der Waals surface area contributed by atoms with Gasteiger partial charge in [-0.15, -0.1) is 0 Å². The van der Waals surface area contributed by atoms with Gasteiger partial charge in [0.15, 0.2) is 5.82 Å². The molecule has 2 aromatic heterocycles. The van der Waals surface area contributed by atoms with Gasteiger partial charge in [0, 0.05) is 49.1 Å². The quantitative estimate of drug-likeness (QED) is 0.610. The number of morpholine rings is 1. The van der Waals surface area contributed by atoms with Crippen LogP contribution < -0.4 is 10.2 Å². The Bertz CT molecular complexity index is 1140. The number of pyridine rings is 1. The largest absolute Gasteiger partial charge is 0.444 e. The summed E-state index contributed by atoms with van der Waals surface area (Å²) >= 11 is 0. The fourth-order valence-electron chi connectivity index (χ4n) is 4.74. The predicted molar refractivity (Wildman–Crippen MR) is 139 cm³/mol. The van der Waals surface area contributed by atoms with Crippen molar-refractivity contribution in [1.82, 2.24) is 19.9 Å². The van der Waals surface area contributed by atoms with Crippen LogP contribution in [0.1, 0.15) is 47.5 Å². The number of allylic oxidation sites excluding steroid dienone is 1. The number of hydrogen-bond acceptors (Lipinski definition) is 8. The lowest BCUT2D eigenvalue weighted by molar-refractivity contribution is -0.504. The smallest absolute Gasteiger partial charge is 0.410 e. The molecule has 2 fully saturated rings. The van der Waals surface area contributed by atoms with Crippen LogP contribution in [0.2, 0.25) is 0 Å². The molecule has 194 valence electrons. The number of hydrogen-bond donors (Lipinski definition) is 2. The highest BCUT2D eigenvalue weighted by Gasteiger charge is 2.40. The molecular formula is C26H38N7O3+. The number of nitrogens with zero attached hydrogens (tertiary/aromatic N) is 5. The van der Waals surface area contributed by atoms with Crippen molar-refractivity contribution < 1.29 is 19.6 Å². The molecule has 2 aliphatic rings. The number of carbonyl (C=O) groups is 1. The van der Waals surface area contributed by atoms with E-state index in [1.165, 1.54) is 0 Å². The lowest BCUT2D eigenvalue weighted by Gasteiger charge is -2.45. The molecule has 10 heteroatoms. The molecule has 0 saturated carbocycles. The molecule has 2 saturated heterocycles. The molecule has 3 N–H and O–H groups in total. The van der Waals surface area contributed by atoms with E-state index in [-0.39, 0.29) is 12.0 Å². The lowest BCUT2D eigenvalue weighted by atomic mass is 9.80. The molecule has 0 radical (unpaired) electrons. The van der Waals surface area contributed by atoms with E-state index in [0.29, 0.717) is 37.8 Å². The molecule has 2 aromatic rings. The molecule has 4 rings (SSSR count). The van der Waals surface area contributed by atoms with Gasteiger partial charge in [-0.2, -0.15) is 9.97 Å². The standard InChI is InChI=1S/C26H37N7O3/c1-25(2,3)36-24(34)33-12-9-18(17-26(33,4)5)19(27)8-11-29-23-30-20-7-6-10-28-21(20)22(31-23)32-13-15-35-16-14-32/h6-8,10-11,18,27H,9,12-17H2,1-5H3,(H,29,30,31)/p+1/b11-8-,27-19?. The summed E-state index contributed by atoms with van der Waals surface area (Å²) in [5.74, 6) is 1.46. The van der Waals surface area contributed by atoms with Crippen molar-refractivity contribution in [2.24, 2.45) is 5.92 Å². The normalized spacial score (nSPS) is 20.6. The number of fused-ring (bicyclic) bond motifs is 1. The van der Waals surface area contributed by atoms with Crippen molar-refractivity contribution >= 4 is 34.6 Å². The van der Waals surface area contributed by atoms with Crippen LogP contribution in [0.5, 0.6) is 0 Å². The van der Waals surface area contributed by atoms with E-state index in [1.807, 2.05) is 64.3 Å². The Morgan fingerprint density at radius 3 is 2.69 bits per heavy atom. The maximum Gasteiger partial charge on any atom is 0.410 e. The maximum atomic E-state index is 12.7. The first-order chi connectivity index (χ1) is 17.0. The molecule has 1 amide bonds. The van der Waals surface area contributed by atoms with Crippen LogP contribution in [-0.4, -0.2) is 75.6 Å². The Labute approximate surface area is 212 Å². The molecule has 4 heterocycles. The van der Waals surface area contributed by atoms with Crippen molar-refractivity contribution in [1.29, 1.82) is 5.41 Å². The highest BCUT2D eigenvalue weighted by molar-refractivity contribution is 5.94. The number of aromatic nitrogens is 3. The number of ether oxygens (including phenoxy) is 2. The number of amides is 1. The van der Waals surface area contributed by atoms with Gasteiger partial charge in [-0.05, 0) is 59.6 Å². The van der Waals surface area contributed by atoms with Crippen LogP contribution in [0, 0.1) is 11.3 Å². The first-order valence-electron chi connectivity index (χ1n) is 12.6. The van der Waals surface area contributed by atoms with Crippen LogP contribution in [0.4, 0.5) is 16.6 Å². The Hall–Kier alpha value is -3.11. The zero-order valence-corrected chi connectivity index (χ0v) is 22.0. The zero-order chi connectivity index (χ0) is 25.9. The Morgan fingerprint density at radius 2 is 2.00 bits per heavy atom. The van der Waals surface area contributed by atoms with Gasteiger partial charge in [0.25, 0.3) is 0 Å². The maximum absolute atomic E-state index is 12.7. The number of nitrogens with two attached hydrogens (primary N) is 1. The molecule has 2 aliphatic heterocycles. The van der Waals surface area contributed by atoms with Crippen molar-refractivity contribution in [3.05, 3.63) is 30.6 Å². The van der Waals surface area contributed by atoms with Crippen LogP contribution in [-0.2, 0) is 9.47 Å². The number of rotatable bonds is 5. The van der Waals surface area contributed by atoms with Gasteiger partial charge in [0.05, 0.1) is 13.2 Å². The third-order valence-corrected chi connectivity index (χ3v) is 6.52. The first kappa shape index (κ1) is 26.0. The highest BCUT2D eigenvalue weighted by Crippen LogP contribution is 2.33. The minimum atomic E-state index is -0.530. The van der Waals surface area contributed by atoms with Crippen molar-refractivity contribution in [3.8, 4) is 0 Å². The molecule has 10 nitrogen and oxygen atoms in total. The van der Waals surface area contributed by atoms with E-state index < -0.39 is 11.1 Å². The number of carbonyl (C=O) groups excluding carboxylic acids is 1. The minimum absolute atomic E-state index is 0.0639. The predicted octanol–water partition coefficient (Wildman–Crippen LogP) is 3.02. The van der Waals surface area contributed by atoms with E-state index in [0.717, 1.165) is 36.4 Å². The molecule has 36 heavy (non-hydrogen) atoms. The second-order valence-electron chi connectivity index (χ2n) is 11.0. The van der Waals surface area contributed by atoms with Gasteiger partial charge in [0.1, 0.15) is 22.8 Å². The summed E-state index contributed by atoms with van der Waals surface area (Å²) in [6, 6.07) is 3.82. The van der Waals surface area contributed by atoms with Gasteiger partial charge in [0.2, 0.25) is 0 Å². The molecule has 1 atom stereocenters.